The van der Waals surface area contributed by atoms with Crippen molar-refractivity contribution in [2.75, 3.05) is 11.9 Å². The van der Waals surface area contributed by atoms with Crippen molar-refractivity contribution in [2.24, 2.45) is 5.73 Å². The van der Waals surface area contributed by atoms with E-state index in [9.17, 15) is 4.79 Å². The lowest BCUT2D eigenvalue weighted by atomic mass is 10.2. The maximum Gasteiger partial charge on any atom is 0.254 e. The van der Waals surface area contributed by atoms with E-state index in [2.05, 4.69) is 20.4 Å². The molecule has 0 aliphatic heterocycles. The molecule has 18 heavy (non-hydrogen) atoms. The Morgan fingerprint density at radius 3 is 3.11 bits per heavy atom. The van der Waals surface area contributed by atoms with Crippen LogP contribution >= 0.6 is 0 Å². The average molecular weight is 248 g/mol. The zero-order chi connectivity index (χ0) is 13.0. The number of carbonyl (C=O) groups is 1. The number of amides is 1. The number of aryl methyl sites for hydroxylation is 1. The zero-order valence-corrected chi connectivity index (χ0v) is 10.3. The fourth-order valence-electron chi connectivity index (χ4n) is 1.70. The Labute approximate surface area is 104 Å². The lowest BCUT2D eigenvalue weighted by Gasteiger charge is -2.08. The minimum Gasteiger partial charge on any atom is -0.370 e. The van der Waals surface area contributed by atoms with E-state index in [1.54, 1.807) is 4.52 Å². The van der Waals surface area contributed by atoms with E-state index in [0.29, 0.717) is 12.2 Å². The molecule has 0 saturated heterocycles. The first kappa shape index (κ1) is 12.3. The van der Waals surface area contributed by atoms with E-state index in [0.717, 1.165) is 30.9 Å². The summed E-state index contributed by atoms with van der Waals surface area (Å²) in [6, 6.07) is 1.91. The summed E-state index contributed by atoms with van der Waals surface area (Å²) >= 11 is 0. The number of nitrogens with one attached hydrogen (secondary N) is 1. The van der Waals surface area contributed by atoms with Crippen molar-refractivity contribution in [3.8, 4) is 0 Å². The van der Waals surface area contributed by atoms with Gasteiger partial charge in [-0.05, 0) is 19.8 Å². The van der Waals surface area contributed by atoms with Gasteiger partial charge in [-0.25, -0.2) is 4.98 Å². The van der Waals surface area contributed by atoms with Gasteiger partial charge in [-0.3, -0.25) is 4.79 Å². The number of unbranched alkanes of at least 4 members (excludes halogenated alkanes) is 1. The Morgan fingerprint density at radius 1 is 1.50 bits per heavy atom. The van der Waals surface area contributed by atoms with Crippen molar-refractivity contribution in [1.82, 2.24) is 19.6 Å². The minimum absolute atomic E-state index is 0.256. The van der Waals surface area contributed by atoms with E-state index in [-0.39, 0.29) is 5.91 Å². The van der Waals surface area contributed by atoms with Crippen molar-refractivity contribution in [2.45, 2.75) is 26.2 Å². The Morgan fingerprint density at radius 2 is 2.33 bits per heavy atom. The first-order chi connectivity index (χ1) is 8.66. The summed E-state index contributed by atoms with van der Waals surface area (Å²) in [5, 5.41) is 7.35. The second kappa shape index (κ2) is 5.44. The van der Waals surface area contributed by atoms with Crippen LogP contribution in [0.2, 0.25) is 0 Å². The van der Waals surface area contributed by atoms with Gasteiger partial charge in [0, 0.05) is 24.7 Å². The van der Waals surface area contributed by atoms with Crippen LogP contribution in [0, 0.1) is 6.92 Å². The number of fused-ring (bicyclic) bond motifs is 1. The summed E-state index contributed by atoms with van der Waals surface area (Å²) in [6.07, 6.45) is 3.56. The number of nitrogens with two attached hydrogens (primary N) is 1. The molecule has 7 heteroatoms. The van der Waals surface area contributed by atoms with Gasteiger partial charge >= 0.3 is 0 Å². The van der Waals surface area contributed by atoms with E-state index < -0.39 is 0 Å². The van der Waals surface area contributed by atoms with Crippen molar-refractivity contribution < 1.29 is 4.79 Å². The predicted octanol–water partition coefficient (Wildman–Crippen LogP) is 0.500. The Balaban J connectivity index is 1.94. The summed E-state index contributed by atoms with van der Waals surface area (Å²) in [5.41, 5.74) is 5.96. The molecular formula is C11H16N6O. The molecule has 2 aromatic heterocycles. The van der Waals surface area contributed by atoms with Gasteiger partial charge in [-0.15, -0.1) is 0 Å². The maximum absolute atomic E-state index is 10.6. The lowest BCUT2D eigenvalue weighted by molar-refractivity contribution is -0.118. The summed E-state index contributed by atoms with van der Waals surface area (Å²) in [5.74, 6) is 1.18. The first-order valence-electron chi connectivity index (χ1n) is 5.86. The van der Waals surface area contributed by atoms with E-state index >= 15 is 0 Å². The molecule has 2 aromatic rings. The predicted molar refractivity (Wildman–Crippen MR) is 67.1 cm³/mol. The number of nitrogens with zero attached hydrogens (tertiary/aromatic N) is 4. The van der Waals surface area contributed by atoms with Crippen LogP contribution in [0.3, 0.4) is 0 Å². The molecule has 0 radical (unpaired) electrons. The smallest absolute Gasteiger partial charge is 0.254 e. The fraction of sp³-hybridized carbons (Fsp3) is 0.455. The summed E-state index contributed by atoms with van der Waals surface area (Å²) in [7, 11) is 0. The Kier molecular flexibility index (Phi) is 3.71. The van der Waals surface area contributed by atoms with Crippen LogP contribution in [0.1, 0.15) is 25.0 Å². The number of rotatable bonds is 6. The number of anilines is 1. The molecule has 0 aliphatic carbocycles. The SMILES string of the molecule is Cc1cc(NCCCCC(N)=O)n2ncnc2n1. The van der Waals surface area contributed by atoms with E-state index in [1.165, 1.54) is 6.33 Å². The lowest BCUT2D eigenvalue weighted by Crippen LogP contribution is -2.12. The summed E-state index contributed by atoms with van der Waals surface area (Å²) in [6.45, 7) is 2.67. The van der Waals surface area contributed by atoms with Gasteiger partial charge in [-0.1, -0.05) is 0 Å². The molecule has 0 unspecified atom stereocenters. The standard InChI is InChI=1S/C11H16N6O/c1-8-6-10(13-5-3-2-4-9(12)18)17-11(16-8)14-7-15-17/h6-7,13H,2-5H2,1H3,(H2,12,18). The molecule has 0 aliphatic rings. The van der Waals surface area contributed by atoms with Gasteiger partial charge in [0.25, 0.3) is 5.78 Å². The highest BCUT2D eigenvalue weighted by Gasteiger charge is 2.04. The molecule has 0 fully saturated rings. The van der Waals surface area contributed by atoms with Crippen LogP contribution < -0.4 is 11.1 Å². The molecular weight excluding hydrogens is 232 g/mol. The zero-order valence-electron chi connectivity index (χ0n) is 10.3. The van der Waals surface area contributed by atoms with Crippen LogP contribution in [0.5, 0.6) is 0 Å². The third kappa shape index (κ3) is 2.93. The highest BCUT2D eigenvalue weighted by Crippen LogP contribution is 2.10. The molecule has 0 saturated carbocycles. The van der Waals surface area contributed by atoms with Gasteiger partial charge in [0.05, 0.1) is 0 Å². The van der Waals surface area contributed by atoms with Gasteiger partial charge in [-0.2, -0.15) is 14.6 Å². The summed E-state index contributed by atoms with van der Waals surface area (Å²) < 4.78 is 1.65. The normalized spacial score (nSPS) is 10.7. The Bertz CT molecular complexity index is 549. The molecule has 7 nitrogen and oxygen atoms in total. The van der Waals surface area contributed by atoms with E-state index in [4.69, 9.17) is 5.73 Å². The molecule has 3 N–H and O–H groups in total. The molecule has 0 aromatic carbocycles. The molecule has 96 valence electrons. The molecule has 2 rings (SSSR count). The van der Waals surface area contributed by atoms with Crippen molar-refractivity contribution in [1.29, 1.82) is 0 Å². The number of hydrogen-bond acceptors (Lipinski definition) is 5. The molecule has 1 amide bonds. The largest absolute Gasteiger partial charge is 0.370 e. The number of aromatic nitrogens is 4. The molecule has 0 bridgehead atoms. The Hall–Kier alpha value is -2.18. The van der Waals surface area contributed by atoms with Gasteiger partial charge in [0.15, 0.2) is 0 Å². The fourth-order valence-corrected chi connectivity index (χ4v) is 1.70. The number of primary amides is 1. The maximum atomic E-state index is 10.6. The highest BCUT2D eigenvalue weighted by atomic mass is 16.1. The topological polar surface area (TPSA) is 98.2 Å². The first-order valence-corrected chi connectivity index (χ1v) is 5.86. The van der Waals surface area contributed by atoms with Gasteiger partial charge in [0.2, 0.25) is 5.91 Å². The molecule has 2 heterocycles. The van der Waals surface area contributed by atoms with Gasteiger partial charge in [0.1, 0.15) is 12.1 Å². The van der Waals surface area contributed by atoms with Crippen LogP contribution in [0.15, 0.2) is 12.4 Å². The average Bonchev–Trinajstić information content (AvgIpc) is 2.75. The van der Waals surface area contributed by atoms with E-state index in [1.807, 2.05) is 13.0 Å². The van der Waals surface area contributed by atoms with Crippen LogP contribution in [0.25, 0.3) is 5.78 Å². The van der Waals surface area contributed by atoms with Crippen LogP contribution in [0.4, 0.5) is 5.82 Å². The summed E-state index contributed by atoms with van der Waals surface area (Å²) in [4.78, 5) is 18.9. The molecule has 0 atom stereocenters. The van der Waals surface area contributed by atoms with Crippen LogP contribution in [-0.2, 0) is 4.79 Å². The van der Waals surface area contributed by atoms with Crippen molar-refractivity contribution in [3.63, 3.8) is 0 Å². The third-order valence-electron chi connectivity index (χ3n) is 2.54. The second-order valence-corrected chi connectivity index (χ2v) is 4.10. The minimum atomic E-state index is -0.256. The third-order valence-corrected chi connectivity index (χ3v) is 2.54. The number of carbonyl (C=O) groups excluding carboxylic acids is 1. The van der Waals surface area contributed by atoms with Gasteiger partial charge < -0.3 is 11.1 Å². The molecule has 0 spiro atoms. The highest BCUT2D eigenvalue weighted by molar-refractivity contribution is 5.73. The monoisotopic (exact) mass is 248 g/mol. The second-order valence-electron chi connectivity index (χ2n) is 4.10. The van der Waals surface area contributed by atoms with Crippen LogP contribution in [-0.4, -0.2) is 32.0 Å². The quantitative estimate of drug-likeness (QED) is 0.725. The van der Waals surface area contributed by atoms with Crippen molar-refractivity contribution >= 4 is 17.5 Å². The number of hydrogen-bond donors (Lipinski definition) is 2. The van der Waals surface area contributed by atoms with Crippen molar-refractivity contribution in [3.05, 3.63) is 18.1 Å².